The van der Waals surface area contributed by atoms with Crippen LogP contribution in [-0.4, -0.2) is 25.5 Å². The zero-order valence-corrected chi connectivity index (χ0v) is 11.1. The summed E-state index contributed by atoms with van der Waals surface area (Å²) in [6, 6.07) is 2.83. The number of anilines is 1. The van der Waals surface area contributed by atoms with Crippen LogP contribution in [0, 0.1) is 0 Å². The van der Waals surface area contributed by atoms with Crippen LogP contribution >= 0.6 is 23.2 Å². The van der Waals surface area contributed by atoms with Gasteiger partial charge in [0, 0.05) is 12.1 Å². The Morgan fingerprint density at radius 2 is 1.89 bits per heavy atom. The maximum atomic E-state index is 11.7. The number of rotatable bonds is 4. The summed E-state index contributed by atoms with van der Waals surface area (Å²) in [6.07, 6.45) is 0.0959. The molecular weight excluding hydrogens is 279 g/mol. The molecule has 5 nitrogen and oxygen atoms in total. The second kappa shape index (κ2) is 6.47. The smallest absolute Gasteiger partial charge is 0.307 e. The molecule has 0 atom stereocenters. The molecule has 1 aromatic carbocycles. The van der Waals surface area contributed by atoms with Gasteiger partial charge in [-0.15, -0.1) is 0 Å². The fourth-order valence-corrected chi connectivity index (χ4v) is 1.68. The third kappa shape index (κ3) is 3.78. The first-order valence-electron chi connectivity index (χ1n) is 5.05. The van der Waals surface area contributed by atoms with Crippen molar-refractivity contribution in [2.24, 2.45) is 0 Å². The van der Waals surface area contributed by atoms with Crippen LogP contribution in [0.2, 0.25) is 10.0 Å². The maximum absolute atomic E-state index is 11.7. The lowest BCUT2D eigenvalue weighted by Gasteiger charge is -2.07. The van der Waals surface area contributed by atoms with E-state index in [0.29, 0.717) is 0 Å². The third-order valence-electron chi connectivity index (χ3n) is 2.18. The zero-order valence-electron chi connectivity index (χ0n) is 9.63. The van der Waals surface area contributed by atoms with Gasteiger partial charge < -0.3 is 15.8 Å². The molecule has 98 valence electrons. The predicted octanol–water partition coefficient (Wildman–Crippen LogP) is 1.87. The summed E-state index contributed by atoms with van der Waals surface area (Å²) in [5.74, 6) is -0.786. The number of benzene rings is 1. The summed E-state index contributed by atoms with van der Waals surface area (Å²) in [5, 5.41) is 2.96. The minimum atomic E-state index is -0.399. The number of hydrogen-bond donors (Lipinski definition) is 2. The number of nitrogens with one attached hydrogen (secondary N) is 1. The van der Waals surface area contributed by atoms with Gasteiger partial charge in [-0.3, -0.25) is 9.59 Å². The second-order valence-electron chi connectivity index (χ2n) is 3.44. The van der Waals surface area contributed by atoms with Gasteiger partial charge in [0.15, 0.2) is 0 Å². The van der Waals surface area contributed by atoms with E-state index in [-0.39, 0.29) is 40.2 Å². The van der Waals surface area contributed by atoms with E-state index in [1.54, 1.807) is 0 Å². The maximum Gasteiger partial charge on any atom is 0.307 e. The Hall–Kier alpha value is -1.46. The average molecular weight is 291 g/mol. The van der Waals surface area contributed by atoms with Crippen molar-refractivity contribution in [1.29, 1.82) is 0 Å². The molecule has 0 radical (unpaired) electrons. The number of halogens is 2. The molecule has 0 unspecified atom stereocenters. The Morgan fingerprint density at radius 3 is 2.39 bits per heavy atom. The van der Waals surface area contributed by atoms with E-state index >= 15 is 0 Å². The van der Waals surface area contributed by atoms with Crippen LogP contribution < -0.4 is 11.1 Å². The molecule has 0 aliphatic carbocycles. The van der Waals surface area contributed by atoms with Crippen molar-refractivity contribution in [1.82, 2.24) is 5.32 Å². The molecule has 0 heterocycles. The van der Waals surface area contributed by atoms with Crippen molar-refractivity contribution in [3.05, 3.63) is 27.7 Å². The highest BCUT2D eigenvalue weighted by atomic mass is 35.5. The van der Waals surface area contributed by atoms with E-state index in [2.05, 4.69) is 10.1 Å². The topological polar surface area (TPSA) is 81.4 Å². The van der Waals surface area contributed by atoms with Gasteiger partial charge in [0.2, 0.25) is 0 Å². The van der Waals surface area contributed by atoms with Gasteiger partial charge in [0.05, 0.1) is 29.3 Å². The molecule has 0 aliphatic rings. The van der Waals surface area contributed by atoms with E-state index in [9.17, 15) is 9.59 Å². The molecule has 0 fully saturated rings. The van der Waals surface area contributed by atoms with Crippen LogP contribution in [0.15, 0.2) is 12.1 Å². The molecule has 0 spiro atoms. The molecular formula is C11H12Cl2N2O3. The monoisotopic (exact) mass is 290 g/mol. The highest BCUT2D eigenvalue weighted by molar-refractivity contribution is 6.39. The lowest BCUT2D eigenvalue weighted by Crippen LogP contribution is -2.26. The Labute approximate surface area is 114 Å². The van der Waals surface area contributed by atoms with Crippen LogP contribution in [0.4, 0.5) is 5.69 Å². The molecule has 3 N–H and O–H groups in total. The molecule has 0 bridgehead atoms. The van der Waals surface area contributed by atoms with E-state index in [1.165, 1.54) is 19.2 Å². The Kier molecular flexibility index (Phi) is 5.25. The summed E-state index contributed by atoms with van der Waals surface area (Å²) in [6.45, 7) is 0.172. The molecule has 1 amide bonds. The first kappa shape index (κ1) is 14.6. The highest BCUT2D eigenvalue weighted by Gasteiger charge is 2.11. The fourth-order valence-electron chi connectivity index (χ4n) is 1.20. The zero-order chi connectivity index (χ0) is 13.7. The van der Waals surface area contributed by atoms with Crippen LogP contribution in [0.5, 0.6) is 0 Å². The quantitative estimate of drug-likeness (QED) is 0.655. The largest absolute Gasteiger partial charge is 0.469 e. The number of methoxy groups -OCH3 is 1. The van der Waals surface area contributed by atoms with Crippen molar-refractivity contribution in [3.63, 3.8) is 0 Å². The van der Waals surface area contributed by atoms with Gasteiger partial charge in [-0.1, -0.05) is 23.2 Å². The molecule has 18 heavy (non-hydrogen) atoms. The van der Waals surface area contributed by atoms with Crippen LogP contribution in [0.3, 0.4) is 0 Å². The van der Waals surface area contributed by atoms with Gasteiger partial charge in [-0.05, 0) is 12.1 Å². The normalized spacial score (nSPS) is 9.94. The lowest BCUT2D eigenvalue weighted by molar-refractivity contribution is -0.140. The number of ether oxygens (including phenoxy) is 1. The number of nitrogen functional groups attached to an aromatic ring is 1. The van der Waals surface area contributed by atoms with Crippen molar-refractivity contribution < 1.29 is 14.3 Å². The summed E-state index contributed by atoms with van der Waals surface area (Å²) in [7, 11) is 1.28. The number of amides is 1. The molecule has 7 heteroatoms. The molecule has 0 saturated carbocycles. The van der Waals surface area contributed by atoms with Gasteiger partial charge in [0.25, 0.3) is 5.91 Å². The second-order valence-corrected chi connectivity index (χ2v) is 4.25. The van der Waals surface area contributed by atoms with Gasteiger partial charge >= 0.3 is 5.97 Å². The van der Waals surface area contributed by atoms with Crippen molar-refractivity contribution in [2.45, 2.75) is 6.42 Å². The Morgan fingerprint density at radius 1 is 1.33 bits per heavy atom. The minimum Gasteiger partial charge on any atom is -0.469 e. The summed E-state index contributed by atoms with van der Waals surface area (Å²) < 4.78 is 4.44. The van der Waals surface area contributed by atoms with Crippen LogP contribution in [-0.2, 0) is 9.53 Å². The van der Waals surface area contributed by atoms with Gasteiger partial charge in [-0.2, -0.15) is 0 Å². The van der Waals surface area contributed by atoms with Gasteiger partial charge in [-0.25, -0.2) is 0 Å². The van der Waals surface area contributed by atoms with Gasteiger partial charge in [0.1, 0.15) is 0 Å². The van der Waals surface area contributed by atoms with Crippen molar-refractivity contribution in [2.75, 3.05) is 19.4 Å². The summed E-state index contributed by atoms with van der Waals surface area (Å²) in [4.78, 5) is 22.6. The SMILES string of the molecule is COC(=O)CCNC(=O)c1cc(Cl)c(N)c(Cl)c1. The molecule has 1 aromatic rings. The van der Waals surface area contributed by atoms with Crippen LogP contribution in [0.1, 0.15) is 16.8 Å². The number of carbonyl (C=O) groups is 2. The van der Waals surface area contributed by atoms with E-state index < -0.39 is 5.97 Å². The summed E-state index contributed by atoms with van der Waals surface area (Å²) >= 11 is 11.6. The third-order valence-corrected chi connectivity index (χ3v) is 2.81. The number of hydrogen-bond acceptors (Lipinski definition) is 4. The summed E-state index contributed by atoms with van der Waals surface area (Å²) in [5.41, 5.74) is 6.06. The molecule has 0 saturated heterocycles. The minimum absolute atomic E-state index is 0.0959. The average Bonchev–Trinajstić information content (AvgIpc) is 2.34. The first-order chi connectivity index (χ1) is 8.45. The van der Waals surface area contributed by atoms with E-state index in [4.69, 9.17) is 28.9 Å². The first-order valence-corrected chi connectivity index (χ1v) is 5.80. The number of nitrogens with two attached hydrogens (primary N) is 1. The Balaban J connectivity index is 2.65. The highest BCUT2D eigenvalue weighted by Crippen LogP contribution is 2.28. The number of carbonyl (C=O) groups excluding carboxylic acids is 2. The number of esters is 1. The Bertz CT molecular complexity index is 454. The predicted molar refractivity (Wildman–Crippen MR) is 69.8 cm³/mol. The fraction of sp³-hybridized carbons (Fsp3) is 0.273. The van der Waals surface area contributed by atoms with E-state index in [0.717, 1.165) is 0 Å². The molecule has 1 rings (SSSR count). The van der Waals surface area contributed by atoms with Crippen molar-refractivity contribution >= 4 is 40.8 Å². The van der Waals surface area contributed by atoms with Crippen LogP contribution in [0.25, 0.3) is 0 Å². The standard InChI is InChI=1S/C11H12Cl2N2O3/c1-18-9(16)2-3-15-11(17)6-4-7(12)10(14)8(13)5-6/h4-5H,2-3,14H2,1H3,(H,15,17). The molecule has 0 aliphatic heterocycles. The molecule has 0 aromatic heterocycles. The van der Waals surface area contributed by atoms with E-state index in [1.807, 2.05) is 0 Å². The van der Waals surface area contributed by atoms with Crippen molar-refractivity contribution in [3.8, 4) is 0 Å². The lowest BCUT2D eigenvalue weighted by atomic mass is 10.2.